The Bertz CT molecular complexity index is 1310. The molecule has 1 fully saturated rings. The number of aryl methyl sites for hydroxylation is 1. The molecular weight excluding hydrogens is 402 g/mol. The molecule has 1 N–H and O–H groups in total. The first kappa shape index (κ1) is 20.8. The Morgan fingerprint density at radius 2 is 1.77 bits per heavy atom. The molecule has 3 aromatic rings. The highest BCUT2D eigenvalue weighted by Crippen LogP contribution is 2.32. The van der Waals surface area contributed by atoms with Crippen molar-refractivity contribution in [1.29, 1.82) is 0 Å². The molecule has 11 heteroatoms. The summed E-state index contributed by atoms with van der Waals surface area (Å²) in [4.78, 5) is 57.7. The summed E-state index contributed by atoms with van der Waals surface area (Å²) in [5, 5.41) is 2.74. The predicted molar refractivity (Wildman–Crippen MR) is 113 cm³/mol. The van der Waals surface area contributed by atoms with Crippen LogP contribution in [-0.2, 0) is 32.0 Å². The average molecular weight is 427 g/mol. The summed E-state index contributed by atoms with van der Waals surface area (Å²) in [6.07, 6.45) is 7.41. The van der Waals surface area contributed by atoms with Crippen molar-refractivity contribution in [3.63, 3.8) is 0 Å². The largest absolute Gasteiger partial charge is 0.353 e. The number of rotatable bonds is 6. The van der Waals surface area contributed by atoms with Crippen molar-refractivity contribution in [3.8, 4) is 0 Å². The Balaban J connectivity index is 1.40. The van der Waals surface area contributed by atoms with Gasteiger partial charge in [-0.1, -0.05) is 12.8 Å². The number of fused-ring (bicyclic) bond motifs is 1. The van der Waals surface area contributed by atoms with E-state index in [1.54, 1.807) is 6.07 Å². The van der Waals surface area contributed by atoms with E-state index in [1.807, 2.05) is 0 Å². The standard InChI is InChI=1S/C20H25N7O4/c1-24-18-17(19(30)25(2)20(24)31)27(12-23-18)10-15(28)21-7-8-26-11-22-14(9-16(26)29)13-5-3-4-6-13/h9,11-13H,3-8,10H2,1-2H3,(H,21,28). The van der Waals surface area contributed by atoms with Gasteiger partial charge in [0.1, 0.15) is 6.54 Å². The normalized spacial score (nSPS) is 14.4. The predicted octanol–water partition coefficient (Wildman–Crippen LogP) is -0.536. The van der Waals surface area contributed by atoms with E-state index >= 15 is 0 Å². The molecule has 3 aromatic heterocycles. The lowest BCUT2D eigenvalue weighted by molar-refractivity contribution is -0.121. The van der Waals surface area contributed by atoms with E-state index in [9.17, 15) is 19.2 Å². The molecule has 1 aliphatic carbocycles. The van der Waals surface area contributed by atoms with Gasteiger partial charge in [-0.15, -0.1) is 0 Å². The summed E-state index contributed by atoms with van der Waals surface area (Å²) in [6, 6.07) is 1.59. The van der Waals surface area contributed by atoms with E-state index < -0.39 is 11.2 Å². The minimum absolute atomic E-state index is 0.127. The fraction of sp³-hybridized carbons (Fsp3) is 0.500. The highest BCUT2D eigenvalue weighted by Gasteiger charge is 2.19. The maximum Gasteiger partial charge on any atom is 0.332 e. The van der Waals surface area contributed by atoms with Crippen LogP contribution in [0.1, 0.15) is 37.3 Å². The van der Waals surface area contributed by atoms with E-state index in [2.05, 4.69) is 15.3 Å². The van der Waals surface area contributed by atoms with Crippen molar-refractivity contribution in [2.75, 3.05) is 6.54 Å². The summed E-state index contributed by atoms with van der Waals surface area (Å²) in [7, 11) is 2.90. The quantitative estimate of drug-likeness (QED) is 0.563. The highest BCUT2D eigenvalue weighted by atomic mass is 16.2. The van der Waals surface area contributed by atoms with E-state index in [4.69, 9.17) is 0 Å². The van der Waals surface area contributed by atoms with E-state index in [1.165, 1.54) is 53.3 Å². The first-order valence-electron chi connectivity index (χ1n) is 10.3. The third-order valence-electron chi connectivity index (χ3n) is 5.88. The Hall–Kier alpha value is -3.50. The summed E-state index contributed by atoms with van der Waals surface area (Å²) in [6.45, 7) is 0.410. The lowest BCUT2D eigenvalue weighted by atomic mass is 10.0. The van der Waals surface area contributed by atoms with Crippen molar-refractivity contribution in [2.45, 2.75) is 44.7 Å². The first-order valence-corrected chi connectivity index (χ1v) is 10.3. The van der Waals surface area contributed by atoms with Crippen LogP contribution in [0.2, 0.25) is 0 Å². The topological polar surface area (TPSA) is 126 Å². The summed E-state index contributed by atoms with van der Waals surface area (Å²) < 4.78 is 5.13. The first-order chi connectivity index (χ1) is 14.9. The number of imidazole rings is 1. The van der Waals surface area contributed by atoms with Gasteiger partial charge in [0.2, 0.25) is 5.91 Å². The third kappa shape index (κ3) is 3.94. The number of aromatic nitrogens is 6. The van der Waals surface area contributed by atoms with Crippen molar-refractivity contribution in [2.24, 2.45) is 14.1 Å². The molecule has 0 atom stereocenters. The lowest BCUT2D eigenvalue weighted by Gasteiger charge is -2.11. The monoisotopic (exact) mass is 427 g/mol. The molecule has 0 bridgehead atoms. The van der Waals surface area contributed by atoms with Crippen LogP contribution in [0.5, 0.6) is 0 Å². The highest BCUT2D eigenvalue weighted by molar-refractivity contribution is 5.78. The Kier molecular flexibility index (Phi) is 5.57. The average Bonchev–Trinajstić information content (AvgIpc) is 3.42. The molecule has 4 rings (SSSR count). The smallest absolute Gasteiger partial charge is 0.332 e. The minimum Gasteiger partial charge on any atom is -0.353 e. The molecule has 0 unspecified atom stereocenters. The van der Waals surface area contributed by atoms with Crippen molar-refractivity contribution >= 4 is 17.1 Å². The van der Waals surface area contributed by atoms with E-state index in [0.717, 1.165) is 23.1 Å². The molecule has 0 aliphatic heterocycles. The minimum atomic E-state index is -0.511. The van der Waals surface area contributed by atoms with Crippen LogP contribution in [0.4, 0.5) is 0 Å². The van der Waals surface area contributed by atoms with Crippen molar-refractivity contribution in [3.05, 3.63) is 55.6 Å². The molecule has 164 valence electrons. The summed E-state index contributed by atoms with van der Waals surface area (Å²) in [5.74, 6) is 0.0399. The van der Waals surface area contributed by atoms with E-state index in [0.29, 0.717) is 12.5 Å². The summed E-state index contributed by atoms with van der Waals surface area (Å²) >= 11 is 0. The van der Waals surface area contributed by atoms with Gasteiger partial charge in [-0.2, -0.15) is 0 Å². The lowest BCUT2D eigenvalue weighted by Crippen LogP contribution is -2.38. The molecule has 1 amide bonds. The second kappa shape index (κ2) is 8.32. The maximum absolute atomic E-state index is 12.4. The maximum atomic E-state index is 12.4. The van der Waals surface area contributed by atoms with Gasteiger partial charge < -0.3 is 9.88 Å². The van der Waals surface area contributed by atoms with Gasteiger partial charge in [-0.05, 0) is 12.8 Å². The van der Waals surface area contributed by atoms with Crippen LogP contribution in [0.3, 0.4) is 0 Å². The van der Waals surface area contributed by atoms with Crippen LogP contribution < -0.4 is 22.1 Å². The number of amides is 1. The van der Waals surface area contributed by atoms with Crippen LogP contribution in [0.25, 0.3) is 11.2 Å². The van der Waals surface area contributed by atoms with Crippen LogP contribution >= 0.6 is 0 Å². The Morgan fingerprint density at radius 1 is 1.06 bits per heavy atom. The molecule has 1 aliphatic rings. The molecule has 0 aromatic carbocycles. The van der Waals surface area contributed by atoms with Gasteiger partial charge in [0.05, 0.1) is 18.3 Å². The second-order valence-electron chi connectivity index (χ2n) is 7.93. The Labute approximate surface area is 177 Å². The van der Waals surface area contributed by atoms with Gasteiger partial charge in [0.15, 0.2) is 11.2 Å². The fourth-order valence-electron chi connectivity index (χ4n) is 4.10. The zero-order chi connectivity index (χ0) is 22.1. The van der Waals surface area contributed by atoms with Crippen LogP contribution in [0.15, 0.2) is 33.1 Å². The van der Waals surface area contributed by atoms with Crippen LogP contribution in [-0.4, -0.2) is 40.7 Å². The van der Waals surface area contributed by atoms with Gasteiger partial charge in [0.25, 0.3) is 11.1 Å². The number of carbonyl (C=O) groups is 1. The molecule has 1 saturated carbocycles. The zero-order valence-corrected chi connectivity index (χ0v) is 17.6. The van der Waals surface area contributed by atoms with Crippen molar-refractivity contribution < 1.29 is 4.79 Å². The number of carbonyl (C=O) groups excluding carboxylic acids is 1. The van der Waals surface area contributed by atoms with Crippen molar-refractivity contribution in [1.82, 2.24) is 33.6 Å². The SMILES string of the molecule is Cn1c(=O)c2c(ncn2CC(=O)NCCn2cnc(C3CCCC3)cc2=O)n(C)c1=O. The summed E-state index contributed by atoms with van der Waals surface area (Å²) in [5.41, 5.74) is 0.138. The number of nitrogens with one attached hydrogen (secondary N) is 1. The fourth-order valence-corrected chi connectivity index (χ4v) is 4.10. The van der Waals surface area contributed by atoms with E-state index in [-0.39, 0.29) is 35.7 Å². The molecular formula is C20H25N7O4. The number of hydrogen-bond donors (Lipinski definition) is 1. The third-order valence-corrected chi connectivity index (χ3v) is 5.88. The second-order valence-corrected chi connectivity index (χ2v) is 7.93. The molecule has 11 nitrogen and oxygen atoms in total. The van der Waals surface area contributed by atoms with Gasteiger partial charge in [-0.25, -0.2) is 14.8 Å². The number of nitrogens with zero attached hydrogens (tertiary/aromatic N) is 6. The van der Waals surface area contributed by atoms with Gasteiger partial charge in [-0.3, -0.25) is 28.1 Å². The van der Waals surface area contributed by atoms with Gasteiger partial charge in [0, 0.05) is 39.2 Å². The Morgan fingerprint density at radius 3 is 2.48 bits per heavy atom. The van der Waals surface area contributed by atoms with Crippen LogP contribution in [0, 0.1) is 0 Å². The number of hydrogen-bond acceptors (Lipinski definition) is 6. The molecule has 0 radical (unpaired) electrons. The van der Waals surface area contributed by atoms with Gasteiger partial charge >= 0.3 is 5.69 Å². The molecule has 0 saturated heterocycles. The zero-order valence-electron chi connectivity index (χ0n) is 17.6. The molecule has 3 heterocycles. The molecule has 31 heavy (non-hydrogen) atoms. The molecule has 0 spiro atoms.